The fourth-order valence-corrected chi connectivity index (χ4v) is 4.92. The number of aromatic nitrogens is 6. The molecule has 0 fully saturated rings. The summed E-state index contributed by atoms with van der Waals surface area (Å²) in [5, 5.41) is 16.3. The largest absolute Gasteiger partial charge is 0.478 e. The van der Waals surface area contributed by atoms with Gasteiger partial charge in [0.25, 0.3) is 5.91 Å². The van der Waals surface area contributed by atoms with Gasteiger partial charge >= 0.3 is 22.4 Å². The van der Waals surface area contributed by atoms with Crippen molar-refractivity contribution < 1.29 is 56.9 Å². The summed E-state index contributed by atoms with van der Waals surface area (Å²) in [6, 6.07) is 5.38. The van der Waals surface area contributed by atoms with Gasteiger partial charge in [-0.15, -0.1) is 10.2 Å². The second kappa shape index (κ2) is 22.8. The molecule has 0 unspecified atom stereocenters. The van der Waals surface area contributed by atoms with Crippen LogP contribution in [-0.4, -0.2) is 63.3 Å². The lowest BCUT2D eigenvalue weighted by atomic mass is 10.1. The van der Waals surface area contributed by atoms with Crippen LogP contribution in [0.2, 0.25) is 0 Å². The Labute approximate surface area is 353 Å². The Morgan fingerprint density at radius 2 is 1.23 bits per heavy atom. The SMILES string of the molecule is C.CCCC(=O)NN.CCCC(=O)NNC(=O)/C=C\n1cnc(-c2cc(C(F)(F)F)cc(S(F)(F)(F)(F)F)c2)n1.CI.Cc1cc(C)cc(-c2ncn(/C=C\C(=O)O)n2)c1. The minimum atomic E-state index is -10.4. The first kappa shape index (κ1) is 54.6. The number of aryl methyl sites for hydroxylation is 2. The van der Waals surface area contributed by atoms with Gasteiger partial charge in [0.15, 0.2) is 11.6 Å². The van der Waals surface area contributed by atoms with E-state index >= 15 is 0 Å². The quantitative estimate of drug-likeness (QED) is 0.0184. The smallest absolute Gasteiger partial charge is 0.416 e. The Bertz CT molecular complexity index is 2110. The fraction of sp³-hybridized carbons (Fsp3) is 0.314. The molecule has 0 bridgehead atoms. The van der Waals surface area contributed by atoms with Crippen LogP contribution in [0, 0.1) is 13.8 Å². The molecule has 334 valence electrons. The predicted molar refractivity (Wildman–Crippen MR) is 220 cm³/mol. The molecule has 4 aromatic rings. The highest BCUT2D eigenvalue weighted by molar-refractivity contribution is 14.1. The molecule has 0 saturated carbocycles. The van der Waals surface area contributed by atoms with Gasteiger partial charge in [0.2, 0.25) is 11.8 Å². The zero-order valence-corrected chi connectivity index (χ0v) is 34.9. The van der Waals surface area contributed by atoms with E-state index in [0.717, 1.165) is 52.5 Å². The van der Waals surface area contributed by atoms with Crippen molar-refractivity contribution in [2.24, 2.45) is 5.84 Å². The van der Waals surface area contributed by atoms with Gasteiger partial charge < -0.3 is 5.11 Å². The topological polar surface area (TPSA) is 212 Å². The number of benzene rings is 2. The van der Waals surface area contributed by atoms with Gasteiger partial charge in [0.05, 0.1) is 5.56 Å². The van der Waals surface area contributed by atoms with Crippen LogP contribution >= 0.6 is 32.8 Å². The molecule has 0 spiro atoms. The predicted octanol–water partition coefficient (Wildman–Crippen LogP) is 8.62. The van der Waals surface area contributed by atoms with Crippen LogP contribution in [-0.2, 0) is 25.4 Å². The molecule has 15 nitrogen and oxygen atoms in total. The Hall–Kier alpha value is -5.44. The second-order valence-corrected chi connectivity index (χ2v) is 14.2. The molecule has 0 aliphatic rings. The molecule has 25 heteroatoms. The van der Waals surface area contributed by atoms with Crippen LogP contribution in [0.1, 0.15) is 63.6 Å². The molecule has 6 N–H and O–H groups in total. The molecular weight excluding hydrogens is 951 g/mol. The van der Waals surface area contributed by atoms with E-state index in [2.05, 4.69) is 54.2 Å². The van der Waals surface area contributed by atoms with Gasteiger partial charge in [-0.2, -0.15) is 13.2 Å². The number of hydrogen-bond acceptors (Lipinski definition) is 9. The summed E-state index contributed by atoms with van der Waals surface area (Å²) in [6.45, 7) is 7.68. The van der Waals surface area contributed by atoms with E-state index in [4.69, 9.17) is 10.9 Å². The average molecular weight is 997 g/mol. The minimum Gasteiger partial charge on any atom is -0.478 e. The molecule has 0 aliphatic carbocycles. The number of alkyl halides is 4. The van der Waals surface area contributed by atoms with Crippen molar-refractivity contribution in [1.82, 2.24) is 45.8 Å². The average Bonchev–Trinajstić information content (AvgIpc) is 3.83. The minimum absolute atomic E-state index is 0. The second-order valence-electron chi connectivity index (χ2n) is 11.8. The van der Waals surface area contributed by atoms with Crippen LogP contribution in [0.25, 0.3) is 35.2 Å². The number of hydrazine groups is 2. The van der Waals surface area contributed by atoms with Crippen LogP contribution in [0.15, 0.2) is 66.1 Å². The summed E-state index contributed by atoms with van der Waals surface area (Å²) in [6.07, 6.45) is 3.08. The molecule has 0 saturated heterocycles. The van der Waals surface area contributed by atoms with Gasteiger partial charge in [-0.1, -0.05) is 80.5 Å². The molecule has 3 amide bonds. The van der Waals surface area contributed by atoms with Gasteiger partial charge in [-0.05, 0) is 62.0 Å². The monoisotopic (exact) mass is 996 g/mol. The third kappa shape index (κ3) is 20.0. The van der Waals surface area contributed by atoms with E-state index in [1.54, 1.807) is 6.92 Å². The maximum absolute atomic E-state index is 13.1. The molecule has 0 aliphatic heterocycles. The number of rotatable bonds is 11. The maximum Gasteiger partial charge on any atom is 0.416 e. The van der Waals surface area contributed by atoms with Crippen molar-refractivity contribution in [3.63, 3.8) is 0 Å². The number of hydrogen-bond donors (Lipinski definition) is 5. The number of carbonyl (C=O) groups is 4. The van der Waals surface area contributed by atoms with Crippen molar-refractivity contribution in [1.29, 1.82) is 0 Å². The van der Waals surface area contributed by atoms with Crippen molar-refractivity contribution in [2.45, 2.75) is 71.9 Å². The maximum atomic E-state index is 13.1. The van der Waals surface area contributed by atoms with E-state index in [1.165, 1.54) is 17.2 Å². The zero-order valence-electron chi connectivity index (χ0n) is 31.9. The van der Waals surface area contributed by atoms with Crippen molar-refractivity contribution in [3.05, 3.63) is 77.9 Å². The summed E-state index contributed by atoms with van der Waals surface area (Å²) >= 11 is 2.15. The molecule has 2 heterocycles. The highest BCUT2D eigenvalue weighted by Gasteiger charge is 2.66. The zero-order chi connectivity index (χ0) is 45.3. The Morgan fingerprint density at radius 3 is 1.65 bits per heavy atom. The third-order valence-corrected chi connectivity index (χ3v) is 7.75. The number of amides is 3. The highest BCUT2D eigenvalue weighted by Crippen LogP contribution is 3.02. The molecule has 0 atom stereocenters. The Kier molecular flexibility index (Phi) is 20.7. The first-order chi connectivity index (χ1) is 27.2. The number of nitrogens with two attached hydrogens (primary N) is 1. The molecule has 2 aromatic heterocycles. The summed E-state index contributed by atoms with van der Waals surface area (Å²) in [4.78, 5) is 50.2. The van der Waals surface area contributed by atoms with Gasteiger partial charge in [0.1, 0.15) is 17.6 Å². The Morgan fingerprint density at radius 1 is 0.767 bits per heavy atom. The summed E-state index contributed by atoms with van der Waals surface area (Å²) in [5.74, 6) is 2.18. The lowest BCUT2D eigenvalue weighted by Gasteiger charge is -2.40. The third-order valence-electron chi connectivity index (χ3n) is 6.62. The number of halogens is 9. The van der Waals surface area contributed by atoms with Crippen molar-refractivity contribution >= 4 is 68.9 Å². The molecule has 2 aromatic carbocycles. The number of nitrogens with one attached hydrogen (secondary N) is 3. The van der Waals surface area contributed by atoms with E-state index in [9.17, 15) is 51.8 Å². The number of nitrogens with zero attached hydrogens (tertiary/aromatic N) is 6. The van der Waals surface area contributed by atoms with E-state index < -0.39 is 62.1 Å². The van der Waals surface area contributed by atoms with E-state index in [1.807, 2.05) is 48.7 Å². The van der Waals surface area contributed by atoms with Crippen LogP contribution in [0.3, 0.4) is 0 Å². The van der Waals surface area contributed by atoms with Gasteiger partial charge in [0, 0.05) is 48.5 Å². The van der Waals surface area contributed by atoms with E-state index in [-0.39, 0.29) is 31.9 Å². The number of aliphatic carboxylic acids is 1. The van der Waals surface area contributed by atoms with E-state index in [0.29, 0.717) is 18.7 Å². The Balaban J connectivity index is 0.00000104. The van der Waals surface area contributed by atoms with Crippen molar-refractivity contribution in [2.75, 3.05) is 4.93 Å². The molecule has 4 rings (SSSR count). The number of carboxylic acid groups (broad SMARTS) is 1. The summed E-state index contributed by atoms with van der Waals surface area (Å²) < 4.78 is 107. The van der Waals surface area contributed by atoms with Crippen LogP contribution in [0.4, 0.5) is 32.6 Å². The van der Waals surface area contributed by atoms with Gasteiger partial charge in [-0.25, -0.2) is 30.0 Å². The lowest BCUT2D eigenvalue weighted by molar-refractivity contribution is -0.137. The highest BCUT2D eigenvalue weighted by atomic mass is 127. The van der Waals surface area contributed by atoms with Crippen molar-refractivity contribution in [3.8, 4) is 22.8 Å². The molecular formula is C35H45F8IN10O5S. The lowest BCUT2D eigenvalue weighted by Crippen LogP contribution is -2.40. The first-order valence-corrected chi connectivity index (χ1v) is 20.8. The normalized spacial score (nSPS) is 12.2. The van der Waals surface area contributed by atoms with Crippen LogP contribution in [0.5, 0.6) is 0 Å². The fourth-order valence-electron chi connectivity index (χ4n) is 4.22. The standard InChI is InChI=1S/C16H15F8N5O2S.C13H13N3O2.C4H10N2O.CH3I.CH4/c1-2-3-13(30)26-27-14(31)4-5-29-9-25-15(28-29)10-6-11(16(17,18)19)8-12(7-10)32(20,21,22,23)24;1-9-5-10(2)7-11(6-9)13-14-8-16(15-13)4-3-12(17)18;1-2-3-4(7)6-5;1-2;/h4-9H,2-3H2,1H3,(H,26,30)(H,27,31);3-8H,1-2H3,(H,17,18);2-3,5H2,1H3,(H,6,7);1H3;1H4/b5-4-;4-3-;;;. The number of carbonyl (C=O) groups excluding carboxylic acids is 3. The van der Waals surface area contributed by atoms with Crippen LogP contribution < -0.4 is 22.1 Å². The summed E-state index contributed by atoms with van der Waals surface area (Å²) in [7, 11) is -10.4. The molecule has 0 radical (unpaired) electrons. The summed E-state index contributed by atoms with van der Waals surface area (Å²) in [5.41, 5.74) is 6.40. The molecule has 60 heavy (non-hydrogen) atoms. The number of carboxylic acids is 1. The van der Waals surface area contributed by atoms with Gasteiger partial charge in [-0.3, -0.25) is 30.7 Å². The first-order valence-electron chi connectivity index (χ1n) is 16.7.